The largest absolute Gasteiger partial charge is 0.381 e. The molecule has 2 N–H and O–H groups in total. The van der Waals surface area contributed by atoms with Gasteiger partial charge in [0.2, 0.25) is 11.9 Å². The summed E-state index contributed by atoms with van der Waals surface area (Å²) < 4.78 is 5.53. The van der Waals surface area contributed by atoms with Gasteiger partial charge in [0.15, 0.2) is 0 Å². The van der Waals surface area contributed by atoms with Crippen molar-refractivity contribution < 1.29 is 9.53 Å². The van der Waals surface area contributed by atoms with Crippen LogP contribution in [0.25, 0.3) is 0 Å². The lowest BCUT2D eigenvalue weighted by Crippen LogP contribution is -2.47. The van der Waals surface area contributed by atoms with Gasteiger partial charge in [-0.15, -0.1) is 0 Å². The minimum atomic E-state index is 0.0490. The summed E-state index contributed by atoms with van der Waals surface area (Å²) in [6, 6.07) is 2.56. The summed E-state index contributed by atoms with van der Waals surface area (Å²) in [5.41, 5.74) is 0. The molecule has 1 amide bonds. The summed E-state index contributed by atoms with van der Waals surface area (Å²) in [6.07, 6.45) is 8.39. The Kier molecular flexibility index (Phi) is 7.20. The van der Waals surface area contributed by atoms with E-state index in [9.17, 15) is 4.79 Å². The summed E-state index contributed by atoms with van der Waals surface area (Å²) in [4.78, 5) is 23.7. The quantitative estimate of drug-likeness (QED) is 0.802. The third-order valence-electron chi connectivity index (χ3n) is 5.30. The number of rotatable bonds is 6. The molecule has 7 nitrogen and oxygen atoms in total. The monoisotopic (exact) mass is 361 g/mol. The van der Waals surface area contributed by atoms with Gasteiger partial charge in [0.25, 0.3) is 0 Å². The predicted molar refractivity (Wildman–Crippen MR) is 101 cm³/mol. The van der Waals surface area contributed by atoms with Crippen molar-refractivity contribution in [3.05, 3.63) is 18.5 Å². The van der Waals surface area contributed by atoms with E-state index >= 15 is 0 Å². The van der Waals surface area contributed by atoms with Gasteiger partial charge in [-0.3, -0.25) is 9.69 Å². The van der Waals surface area contributed by atoms with E-state index in [1.807, 2.05) is 6.07 Å². The molecule has 2 aliphatic heterocycles. The molecule has 1 aromatic rings. The van der Waals surface area contributed by atoms with E-state index in [1.165, 1.54) is 0 Å². The van der Waals surface area contributed by atoms with E-state index in [0.29, 0.717) is 12.0 Å². The second-order valence-electron chi connectivity index (χ2n) is 7.28. The molecule has 2 saturated heterocycles. The minimum Gasteiger partial charge on any atom is -0.381 e. The highest BCUT2D eigenvalue weighted by molar-refractivity contribution is 5.78. The lowest BCUT2D eigenvalue weighted by Gasteiger charge is -2.36. The standard InChI is InChI=1S/C19H31N5O2/c1-2-8-20-18(25)15-4-5-16(23-19-21-9-3-10-22-19)14-24(13-15)17-6-11-26-12-7-17/h3,9-10,15-17H,2,4-8,11-14H2,1H3,(H,20,25)(H,21,22,23)/t15-,16+/m1/s1. The Morgan fingerprint density at radius 2 is 1.96 bits per heavy atom. The van der Waals surface area contributed by atoms with Crippen LogP contribution in [0.15, 0.2) is 18.5 Å². The molecule has 0 unspecified atom stereocenters. The van der Waals surface area contributed by atoms with E-state index in [2.05, 4.69) is 32.4 Å². The fourth-order valence-corrected chi connectivity index (χ4v) is 3.85. The molecule has 0 aromatic carbocycles. The minimum absolute atomic E-state index is 0.0490. The number of nitrogens with zero attached hydrogens (tertiary/aromatic N) is 3. The van der Waals surface area contributed by atoms with E-state index in [-0.39, 0.29) is 17.9 Å². The summed E-state index contributed by atoms with van der Waals surface area (Å²) >= 11 is 0. The fourth-order valence-electron chi connectivity index (χ4n) is 3.85. The smallest absolute Gasteiger partial charge is 0.224 e. The molecule has 0 saturated carbocycles. The maximum absolute atomic E-state index is 12.6. The van der Waals surface area contributed by atoms with Crippen LogP contribution in [0.4, 0.5) is 5.95 Å². The Bertz CT molecular complexity index is 550. The number of carbonyl (C=O) groups is 1. The third kappa shape index (κ3) is 5.38. The maximum atomic E-state index is 12.6. The van der Waals surface area contributed by atoms with Crippen molar-refractivity contribution in [3.63, 3.8) is 0 Å². The van der Waals surface area contributed by atoms with Crippen molar-refractivity contribution in [1.82, 2.24) is 20.2 Å². The number of anilines is 1. The first-order chi connectivity index (χ1) is 12.8. The Labute approximate surface area is 155 Å². The average molecular weight is 361 g/mol. The zero-order valence-electron chi connectivity index (χ0n) is 15.7. The highest BCUT2D eigenvalue weighted by atomic mass is 16.5. The average Bonchev–Trinajstić information content (AvgIpc) is 2.90. The molecule has 2 fully saturated rings. The Hall–Kier alpha value is -1.73. The Balaban J connectivity index is 1.67. The second kappa shape index (κ2) is 9.83. The molecule has 2 aliphatic rings. The van der Waals surface area contributed by atoms with Crippen LogP contribution in [0.3, 0.4) is 0 Å². The van der Waals surface area contributed by atoms with Crippen LogP contribution >= 0.6 is 0 Å². The van der Waals surface area contributed by atoms with Crippen LogP contribution in [0, 0.1) is 5.92 Å². The van der Waals surface area contributed by atoms with E-state index in [0.717, 1.165) is 65.0 Å². The lowest BCUT2D eigenvalue weighted by molar-refractivity contribution is -0.125. The third-order valence-corrected chi connectivity index (χ3v) is 5.30. The number of hydrogen-bond donors (Lipinski definition) is 2. The maximum Gasteiger partial charge on any atom is 0.224 e. The molecule has 144 valence electrons. The van der Waals surface area contributed by atoms with Gasteiger partial charge in [-0.25, -0.2) is 9.97 Å². The van der Waals surface area contributed by atoms with Gasteiger partial charge in [-0.1, -0.05) is 6.92 Å². The summed E-state index contributed by atoms with van der Waals surface area (Å²) in [5.74, 6) is 0.909. The van der Waals surface area contributed by atoms with Crippen molar-refractivity contribution in [3.8, 4) is 0 Å². The second-order valence-corrected chi connectivity index (χ2v) is 7.28. The van der Waals surface area contributed by atoms with Gasteiger partial charge < -0.3 is 15.4 Å². The highest BCUT2D eigenvalue weighted by Gasteiger charge is 2.32. The molecule has 0 spiro atoms. The van der Waals surface area contributed by atoms with Gasteiger partial charge in [0.05, 0.1) is 5.92 Å². The number of nitrogens with one attached hydrogen (secondary N) is 2. The molecule has 7 heteroatoms. The summed E-state index contributed by atoms with van der Waals surface area (Å²) in [5, 5.41) is 6.55. The number of aromatic nitrogens is 2. The predicted octanol–water partition coefficient (Wildman–Crippen LogP) is 1.67. The van der Waals surface area contributed by atoms with Crippen molar-refractivity contribution in [2.24, 2.45) is 5.92 Å². The van der Waals surface area contributed by atoms with Crippen molar-refractivity contribution in [1.29, 1.82) is 0 Å². The molecule has 0 bridgehead atoms. The molecule has 2 atom stereocenters. The van der Waals surface area contributed by atoms with Gasteiger partial charge in [0.1, 0.15) is 0 Å². The Morgan fingerprint density at radius 3 is 2.69 bits per heavy atom. The molecule has 0 radical (unpaired) electrons. The van der Waals surface area contributed by atoms with Gasteiger partial charge in [0, 0.05) is 57.3 Å². The van der Waals surface area contributed by atoms with Gasteiger partial charge in [-0.2, -0.15) is 0 Å². The zero-order valence-corrected chi connectivity index (χ0v) is 15.7. The molecular formula is C19H31N5O2. The first kappa shape index (κ1) is 19.0. The number of hydrogen-bond acceptors (Lipinski definition) is 6. The van der Waals surface area contributed by atoms with Crippen LogP contribution in [0.2, 0.25) is 0 Å². The number of ether oxygens (including phenoxy) is 1. The van der Waals surface area contributed by atoms with E-state index in [4.69, 9.17) is 4.74 Å². The van der Waals surface area contributed by atoms with Crippen LogP contribution in [-0.4, -0.2) is 65.7 Å². The lowest BCUT2D eigenvalue weighted by atomic mass is 10.0. The topological polar surface area (TPSA) is 79.4 Å². The van der Waals surface area contributed by atoms with Gasteiger partial charge in [-0.05, 0) is 38.2 Å². The first-order valence-corrected chi connectivity index (χ1v) is 9.89. The van der Waals surface area contributed by atoms with Crippen LogP contribution in [0.1, 0.15) is 39.0 Å². The Morgan fingerprint density at radius 1 is 1.19 bits per heavy atom. The number of carbonyl (C=O) groups excluding carboxylic acids is 1. The molecule has 26 heavy (non-hydrogen) atoms. The van der Waals surface area contributed by atoms with Crippen molar-refractivity contribution >= 4 is 11.9 Å². The SMILES string of the molecule is CCCNC(=O)[C@@H]1CC[C@H](Nc2ncccn2)CN(C2CCOCC2)C1. The molecule has 1 aromatic heterocycles. The molecule has 3 heterocycles. The van der Waals surface area contributed by atoms with Crippen molar-refractivity contribution in [2.75, 3.05) is 38.2 Å². The van der Waals surface area contributed by atoms with Gasteiger partial charge >= 0.3 is 0 Å². The van der Waals surface area contributed by atoms with E-state index in [1.54, 1.807) is 12.4 Å². The van der Waals surface area contributed by atoms with Crippen LogP contribution < -0.4 is 10.6 Å². The molecule has 0 aliphatic carbocycles. The fraction of sp³-hybridized carbons (Fsp3) is 0.737. The summed E-state index contributed by atoms with van der Waals surface area (Å²) in [7, 11) is 0. The number of likely N-dealkylation sites (tertiary alicyclic amines) is 1. The van der Waals surface area contributed by atoms with Crippen LogP contribution in [-0.2, 0) is 9.53 Å². The summed E-state index contributed by atoms with van der Waals surface area (Å²) in [6.45, 7) is 6.21. The molecule has 3 rings (SSSR count). The van der Waals surface area contributed by atoms with Crippen molar-refractivity contribution in [2.45, 2.75) is 51.1 Å². The normalized spacial score (nSPS) is 25.4. The number of amides is 1. The first-order valence-electron chi connectivity index (χ1n) is 9.89. The zero-order chi connectivity index (χ0) is 18.2. The van der Waals surface area contributed by atoms with Crippen LogP contribution in [0.5, 0.6) is 0 Å². The highest BCUT2D eigenvalue weighted by Crippen LogP contribution is 2.24. The van der Waals surface area contributed by atoms with E-state index < -0.39 is 0 Å². The molecular weight excluding hydrogens is 330 g/mol.